The number of benzene rings is 1. The molecule has 1 fully saturated rings. The summed E-state index contributed by atoms with van der Waals surface area (Å²) in [6.45, 7) is 1.79. The zero-order valence-corrected chi connectivity index (χ0v) is 15.4. The predicted octanol–water partition coefficient (Wildman–Crippen LogP) is 1.62. The van der Waals surface area contributed by atoms with Gasteiger partial charge in [-0.2, -0.15) is 4.31 Å². The molecule has 2 N–H and O–H groups in total. The Morgan fingerprint density at radius 1 is 1.32 bits per heavy atom. The van der Waals surface area contributed by atoms with Gasteiger partial charge in [-0.15, -0.1) is 0 Å². The highest BCUT2D eigenvalue weighted by atomic mass is 32.2. The Labute approximate surface area is 149 Å². The number of hydrogen-bond acceptors (Lipinski definition) is 6. The van der Waals surface area contributed by atoms with E-state index in [1.54, 1.807) is 18.2 Å². The summed E-state index contributed by atoms with van der Waals surface area (Å²) < 4.78 is 25.6. The summed E-state index contributed by atoms with van der Waals surface area (Å²) in [5, 5.41) is 5.81. The molecule has 0 spiro atoms. The van der Waals surface area contributed by atoms with E-state index >= 15 is 0 Å². The second kappa shape index (κ2) is 6.70. The molecule has 0 radical (unpaired) electrons. The largest absolute Gasteiger partial charge is 0.326 e. The highest BCUT2D eigenvalue weighted by Crippen LogP contribution is 2.29. The third-order valence-corrected chi connectivity index (χ3v) is 6.09. The molecule has 0 aliphatic carbocycles. The maximum absolute atomic E-state index is 12.5. The zero-order valence-electron chi connectivity index (χ0n) is 13.8. The van der Waals surface area contributed by atoms with Crippen LogP contribution in [0.4, 0.5) is 10.8 Å². The number of hydrogen-bond donors (Lipinski definition) is 2. The second-order valence-electron chi connectivity index (χ2n) is 5.90. The Bertz CT molecular complexity index is 938. The first-order valence-corrected chi connectivity index (χ1v) is 10.4. The minimum atomic E-state index is -3.42. The molecule has 1 unspecified atom stereocenters. The fourth-order valence-electron chi connectivity index (χ4n) is 2.85. The van der Waals surface area contributed by atoms with Crippen molar-refractivity contribution in [3.05, 3.63) is 18.2 Å². The molecule has 1 aliphatic heterocycles. The van der Waals surface area contributed by atoms with Crippen LogP contribution in [-0.2, 0) is 19.6 Å². The van der Waals surface area contributed by atoms with Gasteiger partial charge in [-0.25, -0.2) is 13.4 Å². The quantitative estimate of drug-likeness (QED) is 0.835. The lowest BCUT2D eigenvalue weighted by Gasteiger charge is -2.20. The lowest BCUT2D eigenvalue weighted by Crippen LogP contribution is -2.42. The number of carbonyl (C=O) groups excluding carboxylic acids is 2. The Balaban J connectivity index is 1.78. The van der Waals surface area contributed by atoms with E-state index < -0.39 is 16.1 Å². The van der Waals surface area contributed by atoms with Gasteiger partial charge in [0.25, 0.3) is 0 Å². The zero-order chi connectivity index (χ0) is 18.2. The van der Waals surface area contributed by atoms with Crippen LogP contribution in [-0.4, -0.2) is 48.4 Å². The van der Waals surface area contributed by atoms with Gasteiger partial charge in [0.15, 0.2) is 5.13 Å². The van der Waals surface area contributed by atoms with Crippen LogP contribution in [0.25, 0.3) is 10.2 Å². The fourth-order valence-corrected chi connectivity index (χ4v) is 4.88. The van der Waals surface area contributed by atoms with Gasteiger partial charge in [-0.05, 0) is 31.0 Å². The summed E-state index contributed by atoms with van der Waals surface area (Å²) in [6.07, 6.45) is 2.27. The second-order valence-corrected chi connectivity index (χ2v) is 8.87. The summed E-state index contributed by atoms with van der Waals surface area (Å²) in [6, 6.07) is 4.57. The number of nitrogens with one attached hydrogen (secondary N) is 2. The monoisotopic (exact) mass is 382 g/mol. The van der Waals surface area contributed by atoms with E-state index in [-0.39, 0.29) is 11.8 Å². The summed E-state index contributed by atoms with van der Waals surface area (Å²) in [7, 11) is -3.42. The molecule has 2 heterocycles. The van der Waals surface area contributed by atoms with E-state index in [2.05, 4.69) is 15.6 Å². The van der Waals surface area contributed by atoms with E-state index in [0.29, 0.717) is 35.7 Å². The predicted molar refractivity (Wildman–Crippen MR) is 97.1 cm³/mol. The minimum absolute atomic E-state index is 0.167. The smallest absolute Gasteiger partial charge is 0.244 e. The number of thiazole rings is 1. The molecule has 25 heavy (non-hydrogen) atoms. The van der Waals surface area contributed by atoms with Gasteiger partial charge >= 0.3 is 0 Å². The van der Waals surface area contributed by atoms with E-state index in [1.165, 1.54) is 22.6 Å². The molecule has 0 saturated carbocycles. The molecular weight excluding hydrogens is 364 g/mol. The molecule has 3 rings (SSSR count). The average molecular weight is 382 g/mol. The first-order valence-electron chi connectivity index (χ1n) is 7.70. The summed E-state index contributed by atoms with van der Waals surface area (Å²) in [5.41, 5.74) is 1.35. The van der Waals surface area contributed by atoms with Gasteiger partial charge in [0.2, 0.25) is 21.8 Å². The molecule has 1 aromatic heterocycles. The lowest BCUT2D eigenvalue weighted by atomic mass is 10.2. The van der Waals surface area contributed by atoms with Crippen molar-refractivity contribution in [1.29, 1.82) is 0 Å². The van der Waals surface area contributed by atoms with Gasteiger partial charge < -0.3 is 10.6 Å². The van der Waals surface area contributed by atoms with Gasteiger partial charge in [0, 0.05) is 19.2 Å². The van der Waals surface area contributed by atoms with Crippen molar-refractivity contribution < 1.29 is 18.0 Å². The number of amides is 2. The third-order valence-electron chi connectivity index (χ3n) is 3.87. The van der Waals surface area contributed by atoms with Crippen LogP contribution in [0.1, 0.15) is 19.8 Å². The minimum Gasteiger partial charge on any atom is -0.326 e. The van der Waals surface area contributed by atoms with Crippen molar-refractivity contribution in [2.24, 2.45) is 0 Å². The number of anilines is 2. The van der Waals surface area contributed by atoms with Crippen molar-refractivity contribution in [3.63, 3.8) is 0 Å². The Kier molecular flexibility index (Phi) is 4.76. The molecule has 2 amide bonds. The summed E-state index contributed by atoms with van der Waals surface area (Å²) in [5.74, 6) is -0.538. The van der Waals surface area contributed by atoms with Crippen LogP contribution in [0.2, 0.25) is 0 Å². The Hall–Kier alpha value is -2.04. The maximum Gasteiger partial charge on any atom is 0.244 e. The summed E-state index contributed by atoms with van der Waals surface area (Å²) in [4.78, 5) is 27.9. The molecule has 0 bridgehead atoms. The van der Waals surface area contributed by atoms with Crippen molar-refractivity contribution in [1.82, 2.24) is 9.29 Å². The van der Waals surface area contributed by atoms with Crippen LogP contribution in [0, 0.1) is 0 Å². The highest BCUT2D eigenvalue weighted by Gasteiger charge is 2.36. The normalized spacial score (nSPS) is 18.4. The maximum atomic E-state index is 12.5. The number of aromatic nitrogens is 1. The number of rotatable bonds is 4. The first-order chi connectivity index (χ1) is 11.7. The van der Waals surface area contributed by atoms with Gasteiger partial charge in [-0.3, -0.25) is 9.59 Å². The van der Waals surface area contributed by atoms with Crippen LogP contribution in [0.3, 0.4) is 0 Å². The number of nitrogens with zero attached hydrogens (tertiary/aromatic N) is 2. The van der Waals surface area contributed by atoms with Crippen molar-refractivity contribution in [2.45, 2.75) is 25.8 Å². The van der Waals surface area contributed by atoms with Crippen molar-refractivity contribution >= 4 is 54.2 Å². The molecule has 1 aliphatic rings. The van der Waals surface area contributed by atoms with Crippen LogP contribution < -0.4 is 10.6 Å². The van der Waals surface area contributed by atoms with E-state index in [1.807, 2.05) is 0 Å². The number of fused-ring (bicyclic) bond motifs is 1. The van der Waals surface area contributed by atoms with Crippen LogP contribution >= 0.6 is 11.3 Å². The standard InChI is InChI=1S/C15H18N4O4S2/c1-9(20)16-10-5-6-11-13(8-10)24-15(17-11)18-14(21)12-4-3-7-19(12)25(2,22)23/h5-6,8,12H,3-4,7H2,1-2H3,(H,16,20)(H,17,18,21). The van der Waals surface area contributed by atoms with Gasteiger partial charge in [0.05, 0.1) is 16.5 Å². The van der Waals surface area contributed by atoms with Crippen molar-refractivity contribution in [2.75, 3.05) is 23.4 Å². The van der Waals surface area contributed by atoms with Crippen LogP contribution in [0.15, 0.2) is 18.2 Å². The SMILES string of the molecule is CC(=O)Nc1ccc2nc(NC(=O)C3CCCN3S(C)(=O)=O)sc2c1. The van der Waals surface area contributed by atoms with E-state index in [0.717, 1.165) is 11.0 Å². The average Bonchev–Trinajstić information content (AvgIpc) is 3.11. The van der Waals surface area contributed by atoms with Gasteiger partial charge in [-0.1, -0.05) is 11.3 Å². The van der Waals surface area contributed by atoms with Gasteiger partial charge in [0.1, 0.15) is 6.04 Å². The molecule has 8 nitrogen and oxygen atoms in total. The molecule has 1 aromatic carbocycles. The van der Waals surface area contributed by atoms with Crippen LogP contribution in [0.5, 0.6) is 0 Å². The first kappa shape index (κ1) is 17.8. The molecule has 134 valence electrons. The topological polar surface area (TPSA) is 108 Å². The highest BCUT2D eigenvalue weighted by molar-refractivity contribution is 7.88. The molecule has 1 atom stereocenters. The number of carbonyl (C=O) groups is 2. The Morgan fingerprint density at radius 3 is 2.76 bits per heavy atom. The molecule has 2 aromatic rings. The summed E-state index contributed by atoms with van der Waals surface area (Å²) >= 11 is 1.27. The molecular formula is C15H18N4O4S2. The third kappa shape index (κ3) is 3.97. The fraction of sp³-hybridized carbons (Fsp3) is 0.400. The number of sulfonamides is 1. The molecule has 1 saturated heterocycles. The van der Waals surface area contributed by atoms with E-state index in [9.17, 15) is 18.0 Å². The lowest BCUT2D eigenvalue weighted by molar-refractivity contribution is -0.119. The van der Waals surface area contributed by atoms with E-state index in [4.69, 9.17) is 0 Å². The van der Waals surface area contributed by atoms with Crippen molar-refractivity contribution in [3.8, 4) is 0 Å². The Morgan fingerprint density at radius 2 is 2.08 bits per heavy atom. The molecule has 10 heteroatoms.